The lowest BCUT2D eigenvalue weighted by Crippen LogP contribution is -2.02. The zero-order valence-electron chi connectivity index (χ0n) is 32.4. The topological polar surface area (TPSA) is 38.0 Å². The minimum atomic E-state index is 0.402. The molecule has 0 fully saturated rings. The van der Waals surface area contributed by atoms with Crippen LogP contribution < -0.4 is 0 Å². The van der Waals surface area contributed by atoms with Crippen LogP contribution >= 0.6 is 0 Å². The maximum Gasteiger partial charge on any atom is 0.214 e. The van der Waals surface area contributed by atoms with Crippen LogP contribution in [0.1, 0.15) is 5.56 Å². The maximum absolute atomic E-state index is 11.1. The maximum atomic E-state index is 11.1. The SMILES string of the molecule is [C-]#[N+]c1cc(-n2c3ccc(-c4ccccc4)cc3c3cc(-c4ccccc4)ccc32)cc(C#N)c1-n1c2ccc(-c3ccccc3)cc2c2cc(-c3ccccc3)ccc21. The lowest BCUT2D eigenvalue weighted by molar-refractivity contribution is 1.14. The van der Waals surface area contributed by atoms with E-state index in [9.17, 15) is 5.26 Å². The molecule has 0 aliphatic carbocycles. The van der Waals surface area contributed by atoms with Crippen molar-refractivity contribution in [2.45, 2.75) is 0 Å². The van der Waals surface area contributed by atoms with E-state index in [-0.39, 0.29) is 0 Å². The number of rotatable bonds is 6. The number of hydrogen-bond donors (Lipinski definition) is 0. The first kappa shape index (κ1) is 34.8. The molecule has 11 rings (SSSR count). The van der Waals surface area contributed by atoms with Gasteiger partial charge < -0.3 is 9.13 Å². The van der Waals surface area contributed by atoms with E-state index in [0.29, 0.717) is 16.9 Å². The van der Waals surface area contributed by atoms with Gasteiger partial charge in [-0.25, -0.2) is 4.85 Å². The molecule has 9 aromatic carbocycles. The van der Waals surface area contributed by atoms with Gasteiger partial charge in [0, 0.05) is 27.2 Å². The average molecular weight is 763 g/mol. The van der Waals surface area contributed by atoms with Crippen LogP contribution in [-0.4, -0.2) is 9.13 Å². The number of hydrogen-bond acceptors (Lipinski definition) is 1. The summed E-state index contributed by atoms with van der Waals surface area (Å²) in [5, 5.41) is 15.4. The first-order valence-corrected chi connectivity index (χ1v) is 20.0. The number of nitriles is 1. The number of aromatic nitrogens is 2. The molecule has 4 heteroatoms. The smallest absolute Gasteiger partial charge is 0.214 e. The van der Waals surface area contributed by atoms with Gasteiger partial charge in [-0.15, -0.1) is 0 Å². The molecule has 2 heterocycles. The van der Waals surface area contributed by atoms with Crippen molar-refractivity contribution >= 4 is 49.3 Å². The molecule has 278 valence electrons. The molecule has 0 radical (unpaired) electrons. The molecule has 0 atom stereocenters. The van der Waals surface area contributed by atoms with E-state index < -0.39 is 0 Å². The van der Waals surface area contributed by atoms with Crippen LogP contribution in [0.3, 0.4) is 0 Å². The van der Waals surface area contributed by atoms with Gasteiger partial charge in [-0.3, -0.25) is 0 Å². The molecule has 0 spiro atoms. The third-order valence-corrected chi connectivity index (χ3v) is 11.8. The highest BCUT2D eigenvalue weighted by Gasteiger charge is 2.23. The molecular formula is C56H34N4. The van der Waals surface area contributed by atoms with Gasteiger partial charge in [0.2, 0.25) is 5.69 Å². The van der Waals surface area contributed by atoms with Crippen molar-refractivity contribution in [3.05, 3.63) is 223 Å². The van der Waals surface area contributed by atoms with Gasteiger partial charge in [-0.05, 0) is 105 Å². The van der Waals surface area contributed by atoms with Gasteiger partial charge in [0.15, 0.2) is 0 Å². The molecule has 0 unspecified atom stereocenters. The Morgan fingerprint density at radius 1 is 0.367 bits per heavy atom. The third-order valence-electron chi connectivity index (χ3n) is 11.8. The molecule has 0 saturated carbocycles. The largest absolute Gasteiger partial charge is 0.318 e. The van der Waals surface area contributed by atoms with Gasteiger partial charge in [-0.2, -0.15) is 5.26 Å². The van der Waals surface area contributed by atoms with E-state index in [1.807, 2.05) is 36.4 Å². The molecule has 0 aliphatic heterocycles. The van der Waals surface area contributed by atoms with Gasteiger partial charge in [0.1, 0.15) is 6.07 Å². The monoisotopic (exact) mass is 762 g/mol. The summed E-state index contributed by atoms with van der Waals surface area (Å²) < 4.78 is 4.33. The Hall–Kier alpha value is -8.44. The Labute approximate surface area is 347 Å². The van der Waals surface area contributed by atoms with Crippen molar-refractivity contribution in [3.63, 3.8) is 0 Å². The minimum Gasteiger partial charge on any atom is -0.318 e. The number of fused-ring (bicyclic) bond motifs is 6. The lowest BCUT2D eigenvalue weighted by Gasteiger charge is -2.16. The summed E-state index contributed by atoms with van der Waals surface area (Å²) in [6.07, 6.45) is 0. The Morgan fingerprint density at radius 3 is 1.02 bits per heavy atom. The molecule has 0 amide bonds. The summed E-state index contributed by atoms with van der Waals surface area (Å²) in [6, 6.07) is 74.3. The molecule has 0 saturated heterocycles. The van der Waals surface area contributed by atoms with Crippen LogP contribution in [0.4, 0.5) is 5.69 Å². The molecule has 2 aromatic heterocycles. The minimum absolute atomic E-state index is 0.402. The highest BCUT2D eigenvalue weighted by Crippen LogP contribution is 2.43. The van der Waals surface area contributed by atoms with E-state index in [1.54, 1.807) is 0 Å². The molecule has 4 nitrogen and oxygen atoms in total. The fourth-order valence-electron chi connectivity index (χ4n) is 8.95. The van der Waals surface area contributed by atoms with Crippen molar-refractivity contribution in [1.29, 1.82) is 5.26 Å². The zero-order chi connectivity index (χ0) is 40.2. The normalized spacial score (nSPS) is 11.3. The van der Waals surface area contributed by atoms with Crippen LogP contribution in [0.25, 0.3) is 104 Å². The summed E-state index contributed by atoms with van der Waals surface area (Å²) >= 11 is 0. The summed E-state index contributed by atoms with van der Waals surface area (Å²) in [5.74, 6) is 0. The van der Waals surface area contributed by atoms with Crippen molar-refractivity contribution in [3.8, 4) is 62.0 Å². The van der Waals surface area contributed by atoms with Gasteiger partial charge in [0.25, 0.3) is 0 Å². The van der Waals surface area contributed by atoms with Crippen molar-refractivity contribution < 1.29 is 0 Å². The fourth-order valence-corrected chi connectivity index (χ4v) is 8.95. The Morgan fingerprint density at radius 2 is 0.700 bits per heavy atom. The summed E-state index contributed by atoms with van der Waals surface area (Å²) in [6.45, 7) is 8.66. The fraction of sp³-hybridized carbons (Fsp3) is 0. The first-order chi connectivity index (χ1) is 29.7. The van der Waals surface area contributed by atoms with Crippen LogP contribution in [0.2, 0.25) is 0 Å². The molecular weight excluding hydrogens is 729 g/mol. The lowest BCUT2D eigenvalue weighted by atomic mass is 10.0. The van der Waals surface area contributed by atoms with Crippen molar-refractivity contribution in [2.24, 2.45) is 0 Å². The molecule has 0 bridgehead atoms. The van der Waals surface area contributed by atoms with Crippen LogP contribution in [0, 0.1) is 17.9 Å². The zero-order valence-corrected chi connectivity index (χ0v) is 32.4. The van der Waals surface area contributed by atoms with E-state index in [1.165, 1.54) is 0 Å². The van der Waals surface area contributed by atoms with E-state index in [2.05, 4.69) is 190 Å². The second kappa shape index (κ2) is 14.2. The molecule has 11 aromatic rings. The second-order valence-corrected chi connectivity index (χ2v) is 15.1. The summed E-state index contributed by atoms with van der Waals surface area (Å²) in [4.78, 5) is 4.18. The third kappa shape index (κ3) is 5.67. The Kier molecular flexibility index (Phi) is 8.22. The Bertz CT molecular complexity index is 3300. The van der Waals surface area contributed by atoms with Crippen LogP contribution in [-0.2, 0) is 0 Å². The predicted octanol–water partition coefficient (Wildman–Crippen LogP) is 15.0. The quantitative estimate of drug-likeness (QED) is 0.155. The van der Waals surface area contributed by atoms with Crippen LogP contribution in [0.15, 0.2) is 206 Å². The van der Waals surface area contributed by atoms with Crippen LogP contribution in [0.5, 0.6) is 0 Å². The second-order valence-electron chi connectivity index (χ2n) is 15.1. The van der Waals surface area contributed by atoms with E-state index >= 15 is 0 Å². The molecule has 0 N–H and O–H groups in total. The highest BCUT2D eigenvalue weighted by molar-refractivity contribution is 6.13. The van der Waals surface area contributed by atoms with E-state index in [0.717, 1.165) is 93.8 Å². The summed E-state index contributed by atoms with van der Waals surface area (Å²) in [5.41, 5.74) is 15.0. The van der Waals surface area contributed by atoms with Gasteiger partial charge >= 0.3 is 0 Å². The number of nitrogens with zero attached hydrogens (tertiary/aromatic N) is 4. The first-order valence-electron chi connectivity index (χ1n) is 20.0. The van der Waals surface area contributed by atoms with E-state index in [4.69, 9.17) is 6.57 Å². The molecule has 60 heavy (non-hydrogen) atoms. The van der Waals surface area contributed by atoms with Crippen molar-refractivity contribution in [2.75, 3.05) is 0 Å². The van der Waals surface area contributed by atoms with Gasteiger partial charge in [-0.1, -0.05) is 146 Å². The Balaban J connectivity index is 1.16. The molecule has 0 aliphatic rings. The number of benzene rings is 9. The van der Waals surface area contributed by atoms with Crippen molar-refractivity contribution in [1.82, 2.24) is 9.13 Å². The standard InChI is InChI=1S/C56H34N4/c1-58-51-35-46(59-52-26-22-41(37-14-6-2-7-15-37)31-47(52)48-32-42(23-27-53(48)59)38-16-8-3-9-17-38)30-45(36-57)56(51)60-54-28-24-43(39-18-10-4-11-19-39)33-49(54)50-34-44(25-29-55(50)60)40-20-12-5-13-21-40/h2-35H. The summed E-state index contributed by atoms with van der Waals surface area (Å²) in [7, 11) is 0. The predicted molar refractivity (Wildman–Crippen MR) is 248 cm³/mol. The average Bonchev–Trinajstić information content (AvgIpc) is 3.83. The highest BCUT2D eigenvalue weighted by atomic mass is 15.0. The van der Waals surface area contributed by atoms with Gasteiger partial charge in [0.05, 0.1) is 39.9 Å².